The van der Waals surface area contributed by atoms with Gasteiger partial charge < -0.3 is 10.2 Å². The lowest BCUT2D eigenvalue weighted by Gasteiger charge is -2.25. The summed E-state index contributed by atoms with van der Waals surface area (Å²) in [6, 6.07) is 8.37. The monoisotopic (exact) mass is 404 g/mol. The molecule has 0 unspecified atom stereocenters. The Balaban J connectivity index is 2.19. The lowest BCUT2D eigenvalue weighted by molar-refractivity contribution is -0.158. The highest BCUT2D eigenvalue weighted by Crippen LogP contribution is 2.31. The average molecular weight is 405 g/mol. The molecule has 0 heterocycles. The molecule has 1 rings (SSSR count). The van der Waals surface area contributed by atoms with Crippen LogP contribution in [0.3, 0.4) is 0 Å². The second-order valence-electron chi connectivity index (χ2n) is 8.23. The summed E-state index contributed by atoms with van der Waals surface area (Å²) in [5.74, 6) is -2.54. The summed E-state index contributed by atoms with van der Waals surface area (Å²) in [5.41, 5.74) is -1.48. The molecular weight excluding hydrogens is 364 g/mol. The van der Waals surface area contributed by atoms with Crippen LogP contribution in [0.4, 0.5) is 0 Å². The van der Waals surface area contributed by atoms with Gasteiger partial charge in [-0.25, -0.2) is 0 Å². The lowest BCUT2D eigenvalue weighted by atomic mass is 9.76. The predicted molar refractivity (Wildman–Crippen MR) is 118 cm³/mol. The molecule has 0 spiro atoms. The van der Waals surface area contributed by atoms with E-state index in [0.717, 1.165) is 19.3 Å². The highest BCUT2D eigenvalue weighted by molar-refractivity contribution is 6.04. The SMILES string of the molecule is CCCCCCCCCCCCCCCCC(C(=O)O)(C(=O)O)c1ccccc1. The van der Waals surface area contributed by atoms with Gasteiger partial charge in [-0.15, -0.1) is 0 Å². The van der Waals surface area contributed by atoms with Crippen LogP contribution in [-0.2, 0) is 15.0 Å². The van der Waals surface area contributed by atoms with Gasteiger partial charge in [-0.3, -0.25) is 9.59 Å². The van der Waals surface area contributed by atoms with Crippen molar-refractivity contribution in [3.8, 4) is 0 Å². The Labute approximate surface area is 176 Å². The molecule has 2 N–H and O–H groups in total. The quantitative estimate of drug-likeness (QED) is 0.205. The van der Waals surface area contributed by atoms with Gasteiger partial charge in [0.25, 0.3) is 0 Å². The Hall–Kier alpha value is -1.84. The van der Waals surface area contributed by atoms with Crippen molar-refractivity contribution in [1.82, 2.24) is 0 Å². The van der Waals surface area contributed by atoms with Crippen molar-refractivity contribution in [3.05, 3.63) is 35.9 Å². The van der Waals surface area contributed by atoms with Gasteiger partial charge in [-0.2, -0.15) is 0 Å². The van der Waals surface area contributed by atoms with E-state index >= 15 is 0 Å². The van der Waals surface area contributed by atoms with E-state index in [1.165, 1.54) is 64.2 Å². The summed E-state index contributed by atoms with van der Waals surface area (Å²) in [7, 11) is 0. The first-order valence-electron chi connectivity index (χ1n) is 11.6. The molecule has 0 aliphatic rings. The molecule has 0 aliphatic carbocycles. The fourth-order valence-corrected chi connectivity index (χ4v) is 4.00. The van der Waals surface area contributed by atoms with Crippen LogP contribution in [0, 0.1) is 0 Å². The number of benzene rings is 1. The van der Waals surface area contributed by atoms with E-state index in [1.54, 1.807) is 30.3 Å². The molecule has 0 saturated carbocycles. The summed E-state index contributed by atoms with van der Waals surface area (Å²) in [6.45, 7) is 2.25. The van der Waals surface area contributed by atoms with Gasteiger partial charge in [-0.05, 0) is 12.0 Å². The second kappa shape index (κ2) is 15.1. The fourth-order valence-electron chi connectivity index (χ4n) is 4.00. The second-order valence-corrected chi connectivity index (χ2v) is 8.23. The minimum atomic E-state index is -1.83. The number of unbranched alkanes of at least 4 members (excludes halogenated alkanes) is 13. The zero-order chi connectivity index (χ0) is 21.4. The zero-order valence-corrected chi connectivity index (χ0v) is 18.2. The van der Waals surface area contributed by atoms with Gasteiger partial charge in [0.05, 0.1) is 0 Å². The van der Waals surface area contributed by atoms with Crippen LogP contribution in [0.25, 0.3) is 0 Å². The lowest BCUT2D eigenvalue weighted by Crippen LogP contribution is -2.43. The first-order chi connectivity index (χ1) is 14.1. The molecule has 0 atom stereocenters. The van der Waals surface area contributed by atoms with Gasteiger partial charge in [0.2, 0.25) is 0 Å². The molecule has 0 saturated heterocycles. The van der Waals surface area contributed by atoms with Crippen molar-refractivity contribution in [2.45, 2.75) is 109 Å². The summed E-state index contributed by atoms with van der Waals surface area (Å²) < 4.78 is 0. The van der Waals surface area contributed by atoms with E-state index in [-0.39, 0.29) is 6.42 Å². The molecule has 0 radical (unpaired) electrons. The molecule has 0 aliphatic heterocycles. The van der Waals surface area contributed by atoms with Crippen LogP contribution in [0.2, 0.25) is 0 Å². The largest absolute Gasteiger partial charge is 0.480 e. The third-order valence-corrected chi connectivity index (χ3v) is 5.90. The van der Waals surface area contributed by atoms with E-state index in [4.69, 9.17) is 0 Å². The van der Waals surface area contributed by atoms with Crippen molar-refractivity contribution in [1.29, 1.82) is 0 Å². The molecule has 4 nitrogen and oxygen atoms in total. The molecule has 164 valence electrons. The molecule has 0 fully saturated rings. The maximum atomic E-state index is 11.8. The molecule has 0 bridgehead atoms. The van der Waals surface area contributed by atoms with Crippen LogP contribution in [0.1, 0.15) is 109 Å². The Kier molecular flexibility index (Phi) is 13.1. The topological polar surface area (TPSA) is 74.6 Å². The van der Waals surface area contributed by atoms with Crippen LogP contribution >= 0.6 is 0 Å². The van der Waals surface area contributed by atoms with Gasteiger partial charge in [0.1, 0.15) is 0 Å². The third kappa shape index (κ3) is 9.01. The summed E-state index contributed by atoms with van der Waals surface area (Å²) in [6.07, 6.45) is 17.1. The van der Waals surface area contributed by atoms with Crippen LogP contribution < -0.4 is 0 Å². The first kappa shape index (κ1) is 25.2. The number of carbonyl (C=O) groups is 2. The van der Waals surface area contributed by atoms with Crippen molar-refractivity contribution in [2.24, 2.45) is 0 Å². The average Bonchev–Trinajstić information content (AvgIpc) is 2.71. The number of aliphatic carboxylic acids is 2. The Morgan fingerprint density at radius 2 is 1.03 bits per heavy atom. The maximum Gasteiger partial charge on any atom is 0.325 e. The van der Waals surface area contributed by atoms with Crippen molar-refractivity contribution < 1.29 is 19.8 Å². The molecule has 4 heteroatoms. The van der Waals surface area contributed by atoms with Crippen molar-refractivity contribution in [2.75, 3.05) is 0 Å². The van der Waals surface area contributed by atoms with Crippen molar-refractivity contribution in [3.63, 3.8) is 0 Å². The number of carboxylic acid groups (broad SMARTS) is 2. The standard InChI is InChI=1S/C25H40O4/c1-2-3-4-5-6-7-8-9-10-11-12-13-14-18-21-25(23(26)27,24(28)29)22-19-16-15-17-20-22/h15-17,19-20H,2-14,18,21H2,1H3,(H,26,27)(H,28,29). The van der Waals surface area contributed by atoms with Crippen molar-refractivity contribution >= 4 is 11.9 Å². The summed E-state index contributed by atoms with van der Waals surface area (Å²) in [4.78, 5) is 23.7. The molecule has 0 amide bonds. The van der Waals surface area contributed by atoms with Gasteiger partial charge in [0.15, 0.2) is 5.41 Å². The van der Waals surface area contributed by atoms with Gasteiger partial charge in [0, 0.05) is 0 Å². The summed E-state index contributed by atoms with van der Waals surface area (Å²) >= 11 is 0. The maximum absolute atomic E-state index is 11.8. The number of carboxylic acids is 2. The van der Waals surface area contributed by atoms with Crippen LogP contribution in [0.15, 0.2) is 30.3 Å². The first-order valence-corrected chi connectivity index (χ1v) is 11.6. The minimum absolute atomic E-state index is 0.139. The molecular formula is C25H40O4. The van der Waals surface area contributed by atoms with Crippen LogP contribution in [-0.4, -0.2) is 22.2 Å². The zero-order valence-electron chi connectivity index (χ0n) is 18.2. The highest BCUT2D eigenvalue weighted by Gasteiger charge is 2.47. The van der Waals surface area contributed by atoms with E-state index in [0.29, 0.717) is 12.0 Å². The van der Waals surface area contributed by atoms with Crippen LogP contribution in [0.5, 0.6) is 0 Å². The molecule has 1 aromatic carbocycles. The molecule has 1 aromatic rings. The number of rotatable bonds is 18. The third-order valence-electron chi connectivity index (χ3n) is 5.90. The summed E-state index contributed by atoms with van der Waals surface area (Å²) in [5, 5.41) is 19.3. The van der Waals surface area contributed by atoms with Gasteiger partial charge >= 0.3 is 11.9 Å². The number of hydrogen-bond acceptors (Lipinski definition) is 2. The Morgan fingerprint density at radius 3 is 1.41 bits per heavy atom. The Morgan fingerprint density at radius 1 is 0.655 bits per heavy atom. The highest BCUT2D eigenvalue weighted by atomic mass is 16.4. The number of hydrogen-bond donors (Lipinski definition) is 2. The van der Waals surface area contributed by atoms with E-state index in [1.807, 2.05) is 0 Å². The van der Waals surface area contributed by atoms with Gasteiger partial charge in [-0.1, -0.05) is 127 Å². The van der Waals surface area contributed by atoms with E-state index in [9.17, 15) is 19.8 Å². The van der Waals surface area contributed by atoms with E-state index < -0.39 is 17.4 Å². The Bertz CT molecular complexity index is 553. The normalized spacial score (nSPS) is 11.5. The fraction of sp³-hybridized carbons (Fsp3) is 0.680. The van der Waals surface area contributed by atoms with E-state index in [2.05, 4.69) is 6.92 Å². The smallest absolute Gasteiger partial charge is 0.325 e. The molecule has 0 aromatic heterocycles. The minimum Gasteiger partial charge on any atom is -0.480 e. The molecule has 29 heavy (non-hydrogen) atoms. The predicted octanol–water partition coefficient (Wildman–Crippen LogP) is 6.97.